The van der Waals surface area contributed by atoms with Gasteiger partial charge in [0.1, 0.15) is 0 Å². The van der Waals surface area contributed by atoms with Gasteiger partial charge in [-0.1, -0.05) is 31.4 Å². The largest absolute Gasteiger partial charge is 0.416 e. The second kappa shape index (κ2) is 8.06. The van der Waals surface area contributed by atoms with Crippen LogP contribution in [0, 0.1) is 0 Å². The molecule has 0 amide bonds. The van der Waals surface area contributed by atoms with Gasteiger partial charge in [-0.15, -0.1) is 10.2 Å². The molecule has 2 N–H and O–H groups in total. The second-order valence-electron chi connectivity index (χ2n) is 7.67. The van der Waals surface area contributed by atoms with Gasteiger partial charge in [0.05, 0.1) is 17.7 Å². The SMILES string of the molecule is OC1(Cn2nnc(-c3ccccc3Nc3ccc(C(F)(F)F)cc3)n2)CCCCC1. The van der Waals surface area contributed by atoms with Crippen LogP contribution in [-0.4, -0.2) is 30.9 Å². The zero-order chi connectivity index (χ0) is 21.2. The molecule has 1 saturated carbocycles. The Labute approximate surface area is 171 Å². The summed E-state index contributed by atoms with van der Waals surface area (Å²) >= 11 is 0. The van der Waals surface area contributed by atoms with E-state index < -0.39 is 17.3 Å². The van der Waals surface area contributed by atoms with Gasteiger partial charge in [-0.25, -0.2) is 0 Å². The summed E-state index contributed by atoms with van der Waals surface area (Å²) in [5.41, 5.74) is 0.312. The highest BCUT2D eigenvalue weighted by atomic mass is 19.4. The summed E-state index contributed by atoms with van der Waals surface area (Å²) in [6.07, 6.45) is 0.157. The fourth-order valence-electron chi connectivity index (χ4n) is 3.73. The number of aliphatic hydroxyl groups is 1. The van der Waals surface area contributed by atoms with Crippen molar-refractivity contribution < 1.29 is 18.3 Å². The Morgan fingerprint density at radius 3 is 2.40 bits per heavy atom. The number of rotatable bonds is 5. The fraction of sp³-hybridized carbons (Fsp3) is 0.381. The summed E-state index contributed by atoms with van der Waals surface area (Å²) in [5, 5.41) is 26.4. The zero-order valence-corrected chi connectivity index (χ0v) is 16.2. The van der Waals surface area contributed by atoms with Crippen LogP contribution in [0.15, 0.2) is 48.5 Å². The molecule has 3 aromatic rings. The van der Waals surface area contributed by atoms with Gasteiger partial charge in [0.2, 0.25) is 5.82 Å². The molecule has 1 aliphatic rings. The maximum Gasteiger partial charge on any atom is 0.416 e. The summed E-state index contributed by atoms with van der Waals surface area (Å²) < 4.78 is 38.3. The van der Waals surface area contributed by atoms with Crippen molar-refractivity contribution in [1.82, 2.24) is 20.2 Å². The van der Waals surface area contributed by atoms with Crippen LogP contribution in [0.2, 0.25) is 0 Å². The smallest absolute Gasteiger partial charge is 0.388 e. The molecule has 158 valence electrons. The monoisotopic (exact) mass is 417 g/mol. The van der Waals surface area contributed by atoms with Crippen molar-refractivity contribution in [3.63, 3.8) is 0 Å². The van der Waals surface area contributed by atoms with E-state index in [9.17, 15) is 18.3 Å². The highest BCUT2D eigenvalue weighted by Crippen LogP contribution is 2.32. The van der Waals surface area contributed by atoms with Crippen molar-refractivity contribution in [2.75, 3.05) is 5.32 Å². The Kier molecular flexibility index (Phi) is 5.46. The number of halogens is 3. The van der Waals surface area contributed by atoms with E-state index in [1.54, 1.807) is 6.07 Å². The molecule has 6 nitrogen and oxygen atoms in total. The van der Waals surface area contributed by atoms with E-state index in [0.717, 1.165) is 44.2 Å². The molecule has 9 heteroatoms. The lowest BCUT2D eigenvalue weighted by molar-refractivity contribution is -0.137. The van der Waals surface area contributed by atoms with Crippen molar-refractivity contribution in [2.24, 2.45) is 0 Å². The maximum atomic E-state index is 12.8. The first-order valence-electron chi connectivity index (χ1n) is 9.86. The molecule has 1 aliphatic carbocycles. The van der Waals surface area contributed by atoms with Gasteiger partial charge in [-0.3, -0.25) is 0 Å². The third-order valence-electron chi connectivity index (χ3n) is 5.33. The number of nitrogens with zero attached hydrogens (tertiary/aromatic N) is 4. The van der Waals surface area contributed by atoms with Gasteiger partial charge in [-0.05, 0) is 54.5 Å². The summed E-state index contributed by atoms with van der Waals surface area (Å²) in [7, 11) is 0. The Hall–Kier alpha value is -2.94. The number of hydrogen-bond acceptors (Lipinski definition) is 5. The van der Waals surface area contributed by atoms with Gasteiger partial charge in [-0.2, -0.15) is 18.0 Å². The molecule has 0 atom stereocenters. The van der Waals surface area contributed by atoms with Crippen LogP contribution in [0.1, 0.15) is 37.7 Å². The van der Waals surface area contributed by atoms with Crippen LogP contribution < -0.4 is 5.32 Å². The Balaban J connectivity index is 1.53. The highest BCUT2D eigenvalue weighted by Gasteiger charge is 2.31. The van der Waals surface area contributed by atoms with Crippen molar-refractivity contribution in [3.8, 4) is 11.4 Å². The molecule has 1 heterocycles. The summed E-state index contributed by atoms with van der Waals surface area (Å²) in [4.78, 5) is 1.41. The lowest BCUT2D eigenvalue weighted by Crippen LogP contribution is -2.37. The van der Waals surface area contributed by atoms with Crippen molar-refractivity contribution in [3.05, 3.63) is 54.1 Å². The first-order valence-corrected chi connectivity index (χ1v) is 9.86. The van der Waals surface area contributed by atoms with Gasteiger partial charge < -0.3 is 10.4 Å². The van der Waals surface area contributed by atoms with Crippen molar-refractivity contribution in [2.45, 2.75) is 50.4 Å². The number of nitrogens with one attached hydrogen (secondary N) is 1. The molecule has 1 aromatic heterocycles. The molecular weight excluding hydrogens is 395 g/mol. The molecular formula is C21H22F3N5O. The van der Waals surface area contributed by atoms with E-state index in [0.29, 0.717) is 22.8 Å². The van der Waals surface area contributed by atoms with E-state index in [4.69, 9.17) is 0 Å². The van der Waals surface area contributed by atoms with Crippen LogP contribution >= 0.6 is 0 Å². The zero-order valence-electron chi connectivity index (χ0n) is 16.2. The molecule has 30 heavy (non-hydrogen) atoms. The van der Waals surface area contributed by atoms with Crippen molar-refractivity contribution in [1.29, 1.82) is 0 Å². The highest BCUT2D eigenvalue weighted by molar-refractivity contribution is 5.77. The maximum absolute atomic E-state index is 12.8. The number of alkyl halides is 3. The first kappa shape index (κ1) is 20.3. The Morgan fingerprint density at radius 1 is 1.00 bits per heavy atom. The number of aromatic nitrogens is 4. The Bertz CT molecular complexity index is 994. The predicted molar refractivity (Wildman–Crippen MR) is 106 cm³/mol. The van der Waals surface area contributed by atoms with Gasteiger partial charge >= 0.3 is 6.18 Å². The number of benzene rings is 2. The second-order valence-corrected chi connectivity index (χ2v) is 7.67. The minimum atomic E-state index is -4.37. The molecule has 2 aromatic carbocycles. The van der Waals surface area contributed by atoms with Gasteiger partial charge in [0.15, 0.2) is 0 Å². The molecule has 0 saturated heterocycles. The molecule has 4 rings (SSSR count). The molecule has 0 spiro atoms. The van der Waals surface area contributed by atoms with Gasteiger partial charge in [0, 0.05) is 16.9 Å². The minimum Gasteiger partial charge on any atom is -0.388 e. The van der Waals surface area contributed by atoms with Crippen LogP contribution in [0.4, 0.5) is 24.5 Å². The number of para-hydroxylation sites is 1. The lowest BCUT2D eigenvalue weighted by atomic mass is 9.85. The van der Waals surface area contributed by atoms with E-state index in [1.165, 1.54) is 16.9 Å². The van der Waals surface area contributed by atoms with E-state index in [1.807, 2.05) is 18.2 Å². The standard InChI is InChI=1S/C21H22F3N5O/c22-21(23,24)15-8-10-16(11-9-15)25-18-7-3-2-6-17(18)19-26-28-29(27-19)14-20(30)12-4-1-5-13-20/h2-3,6-11,25,30H,1,4-5,12-14H2. The van der Waals surface area contributed by atoms with Crippen LogP contribution in [0.3, 0.4) is 0 Å². The normalized spacial score (nSPS) is 16.4. The molecule has 0 radical (unpaired) electrons. The summed E-state index contributed by atoms with van der Waals surface area (Å²) in [6.45, 7) is 0.286. The van der Waals surface area contributed by atoms with E-state index in [-0.39, 0.29) is 6.54 Å². The summed E-state index contributed by atoms with van der Waals surface area (Å²) in [5.74, 6) is 0.379. The molecule has 1 fully saturated rings. The minimum absolute atomic E-state index is 0.286. The van der Waals surface area contributed by atoms with Crippen molar-refractivity contribution >= 4 is 11.4 Å². The Morgan fingerprint density at radius 2 is 1.70 bits per heavy atom. The third-order valence-corrected chi connectivity index (χ3v) is 5.33. The van der Waals surface area contributed by atoms with Crippen LogP contribution in [0.25, 0.3) is 11.4 Å². The first-order chi connectivity index (χ1) is 14.3. The van der Waals surface area contributed by atoms with E-state index in [2.05, 4.69) is 20.7 Å². The van der Waals surface area contributed by atoms with Gasteiger partial charge in [0.25, 0.3) is 0 Å². The predicted octanol–water partition coefficient (Wildman–Crippen LogP) is 4.80. The lowest BCUT2D eigenvalue weighted by Gasteiger charge is -2.30. The number of tetrazole rings is 1. The quantitative estimate of drug-likeness (QED) is 0.624. The third kappa shape index (κ3) is 4.62. The van der Waals surface area contributed by atoms with Crippen LogP contribution in [-0.2, 0) is 12.7 Å². The number of anilines is 2. The van der Waals surface area contributed by atoms with E-state index >= 15 is 0 Å². The van der Waals surface area contributed by atoms with Crippen LogP contribution in [0.5, 0.6) is 0 Å². The number of hydrogen-bond donors (Lipinski definition) is 2. The molecule has 0 aliphatic heterocycles. The molecule has 0 bridgehead atoms. The average molecular weight is 417 g/mol. The molecule has 0 unspecified atom stereocenters. The summed E-state index contributed by atoms with van der Waals surface area (Å²) in [6, 6.07) is 12.1. The fourth-order valence-corrected chi connectivity index (χ4v) is 3.73. The average Bonchev–Trinajstić information content (AvgIpc) is 3.16. The topological polar surface area (TPSA) is 75.9 Å².